The fourth-order valence-electron chi connectivity index (χ4n) is 1.32. The van der Waals surface area contributed by atoms with Crippen molar-refractivity contribution in [2.45, 2.75) is 18.3 Å². The minimum absolute atomic E-state index is 0.190. The van der Waals surface area contributed by atoms with Crippen LogP contribution in [0.3, 0.4) is 0 Å². The zero-order valence-electron chi connectivity index (χ0n) is 7.74. The molecule has 4 N–H and O–H groups in total. The summed E-state index contributed by atoms with van der Waals surface area (Å²) in [7, 11) is 0. The van der Waals surface area contributed by atoms with Gasteiger partial charge in [0.15, 0.2) is 0 Å². The molecule has 5 nitrogen and oxygen atoms in total. The quantitative estimate of drug-likeness (QED) is 0.460. The molecule has 0 spiro atoms. The largest absolute Gasteiger partial charge is 0.394 e. The van der Waals surface area contributed by atoms with Crippen molar-refractivity contribution in [3.63, 3.8) is 0 Å². The molecule has 84 valence electrons. The summed E-state index contributed by atoms with van der Waals surface area (Å²) in [5, 5.41) is 36.8. The summed E-state index contributed by atoms with van der Waals surface area (Å²) in [6.45, 7) is -0.178. The van der Waals surface area contributed by atoms with Gasteiger partial charge in [0.25, 0.3) is 0 Å². The first kappa shape index (κ1) is 12.2. The first-order chi connectivity index (χ1) is 6.66. The monoisotopic (exact) mass is 224 g/mol. The molecule has 1 heterocycles. The molecule has 1 aliphatic heterocycles. The van der Waals surface area contributed by atoms with Crippen LogP contribution in [0, 0.1) is 5.92 Å². The Hall–Kier alpha value is 0.150. The van der Waals surface area contributed by atoms with E-state index in [2.05, 4.69) is 0 Å². The smallest absolute Gasteiger partial charge is 0.108 e. The fraction of sp³-hybridized carbons (Fsp3) is 1.00. The lowest BCUT2D eigenvalue weighted by Crippen LogP contribution is -2.46. The molecule has 4 atom stereocenters. The van der Waals surface area contributed by atoms with Gasteiger partial charge in [0, 0.05) is 11.7 Å². The molecular weight excluding hydrogens is 208 g/mol. The molecule has 1 saturated heterocycles. The van der Waals surface area contributed by atoms with E-state index in [1.54, 1.807) is 0 Å². The molecule has 0 aromatic heterocycles. The summed E-state index contributed by atoms with van der Waals surface area (Å²) >= 11 is 1.53. The highest BCUT2D eigenvalue weighted by Gasteiger charge is 2.32. The average Bonchev–Trinajstić information content (AvgIpc) is 2.27. The number of hydrogen-bond donors (Lipinski definition) is 4. The molecular formula is C8H16O5S. The lowest BCUT2D eigenvalue weighted by atomic mass is 9.97. The molecule has 1 rings (SSSR count). The minimum atomic E-state index is -1.31. The number of aliphatic hydroxyl groups is 4. The summed E-state index contributed by atoms with van der Waals surface area (Å²) in [6, 6.07) is 0. The molecule has 0 aliphatic carbocycles. The van der Waals surface area contributed by atoms with Gasteiger partial charge in [-0.25, -0.2) is 0 Å². The van der Waals surface area contributed by atoms with Crippen molar-refractivity contribution in [1.29, 1.82) is 0 Å². The van der Waals surface area contributed by atoms with Crippen molar-refractivity contribution in [3.05, 3.63) is 0 Å². The maximum Gasteiger partial charge on any atom is 0.108 e. The minimum Gasteiger partial charge on any atom is -0.394 e. The van der Waals surface area contributed by atoms with E-state index in [1.807, 2.05) is 0 Å². The molecule has 0 saturated carbocycles. The predicted octanol–water partition coefficient (Wildman–Crippen LogP) is -1.60. The molecule has 6 heteroatoms. The molecule has 0 amide bonds. The van der Waals surface area contributed by atoms with Crippen LogP contribution >= 0.6 is 11.8 Å². The second-order valence-electron chi connectivity index (χ2n) is 3.35. The predicted molar refractivity (Wildman–Crippen MR) is 51.9 cm³/mol. The maximum absolute atomic E-state index is 9.63. The number of aliphatic hydroxyl groups excluding tert-OH is 4. The first-order valence-corrected chi connectivity index (χ1v) is 5.62. The molecule has 0 bridgehead atoms. The SMILES string of the molecule is OCC(O)C(O)C(O)C1COCSC1. The van der Waals surface area contributed by atoms with Gasteiger partial charge >= 0.3 is 0 Å². The highest BCUT2D eigenvalue weighted by atomic mass is 32.2. The Balaban J connectivity index is 2.41. The van der Waals surface area contributed by atoms with Crippen molar-refractivity contribution in [2.75, 3.05) is 24.9 Å². The molecule has 0 aromatic rings. The molecule has 0 radical (unpaired) electrons. The van der Waals surface area contributed by atoms with Crippen molar-refractivity contribution in [3.8, 4) is 0 Å². The Morgan fingerprint density at radius 3 is 2.57 bits per heavy atom. The van der Waals surface area contributed by atoms with Crippen LogP contribution in [0.2, 0.25) is 0 Å². The third kappa shape index (κ3) is 3.08. The van der Waals surface area contributed by atoms with Gasteiger partial charge in [-0.2, -0.15) is 0 Å². The van der Waals surface area contributed by atoms with Gasteiger partial charge in [-0.3, -0.25) is 0 Å². The standard InChI is InChI=1S/C8H16O5S/c9-1-6(10)8(12)7(11)5-2-13-4-14-3-5/h5-12H,1-4H2. The highest BCUT2D eigenvalue weighted by Crippen LogP contribution is 2.21. The number of ether oxygens (including phenoxy) is 1. The van der Waals surface area contributed by atoms with Gasteiger partial charge in [-0.05, 0) is 0 Å². The summed E-state index contributed by atoms with van der Waals surface area (Å²) < 4.78 is 5.11. The van der Waals surface area contributed by atoms with Crippen molar-refractivity contribution in [2.24, 2.45) is 5.92 Å². The van der Waals surface area contributed by atoms with E-state index < -0.39 is 24.9 Å². The van der Waals surface area contributed by atoms with Crippen LogP contribution in [0.5, 0.6) is 0 Å². The fourth-order valence-corrected chi connectivity index (χ4v) is 2.22. The van der Waals surface area contributed by atoms with Crippen molar-refractivity contribution < 1.29 is 25.2 Å². The summed E-state index contributed by atoms with van der Waals surface area (Å²) in [4.78, 5) is 0. The summed E-state index contributed by atoms with van der Waals surface area (Å²) in [5.74, 6) is 1.10. The zero-order valence-corrected chi connectivity index (χ0v) is 8.56. The molecule has 4 unspecified atom stereocenters. The van der Waals surface area contributed by atoms with Gasteiger partial charge in [-0.15, -0.1) is 11.8 Å². The van der Waals surface area contributed by atoms with Crippen LogP contribution in [0.4, 0.5) is 0 Å². The molecule has 1 aliphatic rings. The van der Waals surface area contributed by atoms with Gasteiger partial charge in [0.2, 0.25) is 0 Å². The van der Waals surface area contributed by atoms with Crippen LogP contribution < -0.4 is 0 Å². The highest BCUT2D eigenvalue weighted by molar-refractivity contribution is 7.99. The van der Waals surface area contributed by atoms with E-state index >= 15 is 0 Å². The van der Waals surface area contributed by atoms with E-state index in [9.17, 15) is 10.2 Å². The Labute approximate surface area is 86.7 Å². The Bertz CT molecular complexity index is 160. The average molecular weight is 224 g/mol. The van der Waals surface area contributed by atoms with Gasteiger partial charge in [-0.1, -0.05) is 0 Å². The van der Waals surface area contributed by atoms with Crippen LogP contribution in [-0.4, -0.2) is 63.6 Å². The molecule has 0 aromatic carbocycles. The van der Waals surface area contributed by atoms with E-state index in [-0.39, 0.29) is 5.92 Å². The van der Waals surface area contributed by atoms with E-state index in [1.165, 1.54) is 11.8 Å². The normalized spacial score (nSPS) is 29.6. The van der Waals surface area contributed by atoms with E-state index in [0.29, 0.717) is 18.3 Å². The van der Waals surface area contributed by atoms with Gasteiger partial charge in [0.1, 0.15) is 12.2 Å². The lowest BCUT2D eigenvalue weighted by Gasteiger charge is -2.30. The zero-order chi connectivity index (χ0) is 10.6. The Morgan fingerprint density at radius 1 is 1.36 bits per heavy atom. The van der Waals surface area contributed by atoms with Crippen LogP contribution in [0.25, 0.3) is 0 Å². The Morgan fingerprint density at radius 2 is 2.07 bits per heavy atom. The first-order valence-electron chi connectivity index (χ1n) is 4.47. The van der Waals surface area contributed by atoms with E-state index in [0.717, 1.165) is 0 Å². The van der Waals surface area contributed by atoms with Crippen LogP contribution in [0.15, 0.2) is 0 Å². The number of rotatable bonds is 4. The maximum atomic E-state index is 9.63. The lowest BCUT2D eigenvalue weighted by molar-refractivity contribution is -0.101. The second-order valence-corrected chi connectivity index (χ2v) is 4.33. The van der Waals surface area contributed by atoms with Crippen molar-refractivity contribution in [1.82, 2.24) is 0 Å². The van der Waals surface area contributed by atoms with Gasteiger partial charge < -0.3 is 25.2 Å². The summed E-state index contributed by atoms with van der Waals surface area (Å²) in [5.41, 5.74) is 0. The molecule has 1 fully saturated rings. The molecule has 14 heavy (non-hydrogen) atoms. The van der Waals surface area contributed by atoms with Crippen LogP contribution in [-0.2, 0) is 4.74 Å². The van der Waals surface area contributed by atoms with Crippen molar-refractivity contribution >= 4 is 11.8 Å². The number of thioether (sulfide) groups is 1. The van der Waals surface area contributed by atoms with Crippen LogP contribution in [0.1, 0.15) is 0 Å². The Kier molecular flexibility index (Phi) is 5.14. The van der Waals surface area contributed by atoms with Gasteiger partial charge in [0.05, 0.1) is 25.3 Å². The second kappa shape index (κ2) is 5.89. The van der Waals surface area contributed by atoms with E-state index in [4.69, 9.17) is 14.9 Å². The third-order valence-corrected chi connectivity index (χ3v) is 3.24. The summed E-state index contributed by atoms with van der Waals surface area (Å²) in [6.07, 6.45) is -3.66. The third-order valence-electron chi connectivity index (χ3n) is 2.24. The number of hydrogen-bond acceptors (Lipinski definition) is 6. The topological polar surface area (TPSA) is 90.2 Å².